The Kier molecular flexibility index (Phi) is 7.46. The number of fused-ring (bicyclic) bond motifs is 1. The first kappa shape index (κ1) is 23.7. The van der Waals surface area contributed by atoms with Crippen molar-refractivity contribution in [1.82, 2.24) is 25.1 Å². The molecule has 0 fully saturated rings. The maximum atomic E-state index is 13.0. The molecule has 3 rings (SSSR count). The maximum Gasteiger partial charge on any atom is 0.340 e. The molecule has 3 heterocycles. The summed E-state index contributed by atoms with van der Waals surface area (Å²) in [5.41, 5.74) is 1.65. The van der Waals surface area contributed by atoms with Crippen molar-refractivity contribution in [3.63, 3.8) is 0 Å². The third-order valence-corrected chi connectivity index (χ3v) is 4.53. The molecule has 1 amide bonds. The van der Waals surface area contributed by atoms with Crippen molar-refractivity contribution in [2.24, 2.45) is 0 Å². The molecule has 3 aromatic rings. The Bertz CT molecular complexity index is 1100. The summed E-state index contributed by atoms with van der Waals surface area (Å²) in [7, 11) is 0. The molecule has 0 aliphatic carbocycles. The molecule has 2 N–H and O–H groups in total. The highest BCUT2D eigenvalue weighted by atomic mass is 35.5. The van der Waals surface area contributed by atoms with Gasteiger partial charge in [0.15, 0.2) is 6.61 Å². The highest BCUT2D eigenvalue weighted by molar-refractivity contribution is 6.31. The molecule has 8 nitrogen and oxygen atoms in total. The Balaban J connectivity index is 1.72. The van der Waals surface area contributed by atoms with Gasteiger partial charge in [-0.15, -0.1) is 0 Å². The zero-order valence-electron chi connectivity index (χ0n) is 16.4. The Morgan fingerprint density at radius 1 is 1.34 bits per heavy atom. The second kappa shape index (κ2) is 10.1. The third kappa shape index (κ3) is 5.82. The predicted octanol–water partition coefficient (Wildman–Crippen LogP) is 2.46. The minimum absolute atomic E-state index is 0.00566. The fourth-order valence-electron chi connectivity index (χ4n) is 2.75. The van der Waals surface area contributed by atoms with E-state index < -0.39 is 19.0 Å². The van der Waals surface area contributed by atoms with Gasteiger partial charge in [-0.3, -0.25) is 14.5 Å². The second-order valence-electron chi connectivity index (χ2n) is 6.75. The molecule has 0 aliphatic heterocycles. The molecule has 0 radical (unpaired) electrons. The standard InChI is InChI=1S/C19H18ClF4N5O3/c20-13-5-11(7-27-17(13)32-10-19(23,24)18(21)22)8-29-9-12-14(28-29)1-2-25-15(12)6-16(31)26-3-4-30/h1-2,5,7,9,18,30H,3-4,6,8,10H2,(H,26,31). The lowest BCUT2D eigenvalue weighted by atomic mass is 10.2. The lowest BCUT2D eigenvalue weighted by Crippen LogP contribution is -2.34. The Labute approximate surface area is 184 Å². The van der Waals surface area contributed by atoms with Gasteiger partial charge in [-0.25, -0.2) is 13.8 Å². The van der Waals surface area contributed by atoms with Gasteiger partial charge >= 0.3 is 12.3 Å². The van der Waals surface area contributed by atoms with E-state index in [0.29, 0.717) is 22.2 Å². The summed E-state index contributed by atoms with van der Waals surface area (Å²) in [4.78, 5) is 20.0. The van der Waals surface area contributed by atoms with Crippen LogP contribution in [0.5, 0.6) is 5.88 Å². The lowest BCUT2D eigenvalue weighted by Gasteiger charge is -2.16. The average molecular weight is 476 g/mol. The SMILES string of the molecule is O=C(Cc1nccc2nn(Cc3cnc(OCC(F)(F)C(F)F)c(Cl)c3)cc12)NCCO. The van der Waals surface area contributed by atoms with Crippen molar-refractivity contribution in [2.75, 3.05) is 19.8 Å². The van der Waals surface area contributed by atoms with Crippen LogP contribution in [0.2, 0.25) is 5.02 Å². The lowest BCUT2D eigenvalue weighted by molar-refractivity contribution is -0.148. The molecule has 0 bridgehead atoms. The summed E-state index contributed by atoms with van der Waals surface area (Å²) < 4.78 is 56.7. The highest BCUT2D eigenvalue weighted by Crippen LogP contribution is 2.28. The van der Waals surface area contributed by atoms with E-state index >= 15 is 0 Å². The van der Waals surface area contributed by atoms with Crippen molar-refractivity contribution in [3.8, 4) is 5.88 Å². The number of amides is 1. The van der Waals surface area contributed by atoms with Crippen LogP contribution < -0.4 is 10.1 Å². The molecule has 0 aliphatic rings. The van der Waals surface area contributed by atoms with Crippen molar-refractivity contribution in [3.05, 3.63) is 47.0 Å². The highest BCUT2D eigenvalue weighted by Gasteiger charge is 2.42. The number of rotatable bonds is 10. The normalized spacial score (nSPS) is 11.8. The Morgan fingerprint density at radius 3 is 2.81 bits per heavy atom. The number of aromatic nitrogens is 4. The second-order valence-corrected chi connectivity index (χ2v) is 7.16. The van der Waals surface area contributed by atoms with E-state index in [-0.39, 0.29) is 42.9 Å². The number of nitrogens with one attached hydrogen (secondary N) is 1. The minimum atomic E-state index is -4.32. The molecule has 0 unspecified atom stereocenters. The number of hydrogen-bond donors (Lipinski definition) is 2. The molecule has 0 aromatic carbocycles. The van der Waals surface area contributed by atoms with Crippen LogP contribution >= 0.6 is 11.6 Å². The molecule has 0 atom stereocenters. The van der Waals surface area contributed by atoms with Crippen molar-refractivity contribution in [2.45, 2.75) is 25.3 Å². The zero-order chi connectivity index (χ0) is 23.3. The summed E-state index contributed by atoms with van der Waals surface area (Å²) in [6.07, 6.45) is 0.642. The maximum absolute atomic E-state index is 13.0. The number of carbonyl (C=O) groups is 1. The van der Waals surface area contributed by atoms with Crippen LogP contribution in [0.1, 0.15) is 11.3 Å². The number of hydrogen-bond acceptors (Lipinski definition) is 6. The van der Waals surface area contributed by atoms with Gasteiger partial charge in [-0.1, -0.05) is 11.6 Å². The molecular weight excluding hydrogens is 458 g/mol. The van der Waals surface area contributed by atoms with Gasteiger partial charge in [0.05, 0.1) is 30.8 Å². The first-order valence-corrected chi connectivity index (χ1v) is 9.69. The molecule has 0 saturated carbocycles. The summed E-state index contributed by atoms with van der Waals surface area (Å²) in [6.45, 7) is -1.38. The van der Waals surface area contributed by atoms with Crippen LogP contribution in [-0.2, 0) is 17.8 Å². The molecule has 0 saturated heterocycles. The van der Waals surface area contributed by atoms with Crippen LogP contribution in [0, 0.1) is 0 Å². The Hall–Kier alpha value is -2.99. The molecular formula is C19H18ClF4N5O3. The Morgan fingerprint density at radius 2 is 2.12 bits per heavy atom. The predicted molar refractivity (Wildman–Crippen MR) is 106 cm³/mol. The van der Waals surface area contributed by atoms with E-state index in [4.69, 9.17) is 16.7 Å². The number of nitrogens with zero attached hydrogens (tertiary/aromatic N) is 4. The monoisotopic (exact) mass is 475 g/mol. The molecule has 13 heteroatoms. The van der Waals surface area contributed by atoms with E-state index in [1.54, 1.807) is 16.9 Å². The molecule has 32 heavy (non-hydrogen) atoms. The van der Waals surface area contributed by atoms with Crippen molar-refractivity contribution < 1.29 is 32.2 Å². The first-order valence-electron chi connectivity index (χ1n) is 9.31. The van der Waals surface area contributed by atoms with Gasteiger partial charge in [0.25, 0.3) is 0 Å². The topological polar surface area (TPSA) is 102 Å². The summed E-state index contributed by atoms with van der Waals surface area (Å²) in [5.74, 6) is -5.00. The molecule has 172 valence electrons. The smallest absolute Gasteiger partial charge is 0.340 e. The summed E-state index contributed by atoms with van der Waals surface area (Å²) >= 11 is 5.99. The first-order chi connectivity index (χ1) is 15.2. The molecule has 3 aromatic heterocycles. The van der Waals surface area contributed by atoms with Crippen LogP contribution in [0.4, 0.5) is 17.6 Å². The molecule has 0 spiro atoms. The summed E-state index contributed by atoms with van der Waals surface area (Å²) in [5, 5.41) is 16.3. The largest absolute Gasteiger partial charge is 0.470 e. The fourth-order valence-corrected chi connectivity index (χ4v) is 3.00. The van der Waals surface area contributed by atoms with E-state index in [9.17, 15) is 22.4 Å². The van der Waals surface area contributed by atoms with Crippen molar-refractivity contribution >= 4 is 28.4 Å². The zero-order valence-corrected chi connectivity index (χ0v) is 17.2. The van der Waals surface area contributed by atoms with E-state index in [2.05, 4.69) is 25.1 Å². The van der Waals surface area contributed by atoms with Crippen LogP contribution in [0.25, 0.3) is 10.9 Å². The number of ether oxygens (including phenoxy) is 1. The third-order valence-electron chi connectivity index (χ3n) is 4.26. The number of halogens is 5. The van der Waals surface area contributed by atoms with Crippen LogP contribution in [-0.4, -0.2) is 62.9 Å². The van der Waals surface area contributed by atoms with E-state index in [1.807, 2.05) is 0 Å². The number of carbonyl (C=O) groups excluding carboxylic acids is 1. The number of aliphatic hydroxyl groups is 1. The minimum Gasteiger partial charge on any atom is -0.470 e. The van der Waals surface area contributed by atoms with Gasteiger partial charge < -0.3 is 15.2 Å². The van der Waals surface area contributed by atoms with Gasteiger partial charge in [0.2, 0.25) is 11.8 Å². The van der Waals surface area contributed by atoms with Gasteiger partial charge in [-0.2, -0.15) is 13.9 Å². The van der Waals surface area contributed by atoms with E-state index in [1.165, 1.54) is 18.5 Å². The van der Waals surface area contributed by atoms with Gasteiger partial charge in [0, 0.05) is 30.5 Å². The number of pyridine rings is 2. The average Bonchev–Trinajstić information content (AvgIpc) is 3.15. The number of aliphatic hydroxyl groups excluding tert-OH is 1. The van der Waals surface area contributed by atoms with Crippen LogP contribution in [0.15, 0.2) is 30.7 Å². The van der Waals surface area contributed by atoms with Gasteiger partial charge in [0.1, 0.15) is 5.02 Å². The quantitative estimate of drug-likeness (QED) is 0.437. The van der Waals surface area contributed by atoms with Crippen LogP contribution in [0.3, 0.4) is 0 Å². The van der Waals surface area contributed by atoms with Crippen molar-refractivity contribution in [1.29, 1.82) is 0 Å². The van der Waals surface area contributed by atoms with Gasteiger partial charge in [-0.05, 0) is 17.7 Å². The summed E-state index contributed by atoms with van der Waals surface area (Å²) in [6, 6.07) is 3.07. The fraction of sp³-hybridized carbons (Fsp3) is 0.368. The van der Waals surface area contributed by atoms with E-state index in [0.717, 1.165) is 0 Å². The number of alkyl halides is 4.